The van der Waals surface area contributed by atoms with E-state index in [2.05, 4.69) is 28.1 Å². The number of piperazine rings is 1. The van der Waals surface area contributed by atoms with Crippen molar-refractivity contribution in [3.8, 4) is 0 Å². The minimum atomic E-state index is -3.27. The van der Waals surface area contributed by atoms with E-state index >= 15 is 0 Å². The molecule has 2 aliphatic carbocycles. The SMILES string of the molecule is O=C(c1ccc(N2CCCS2(=O)=O)nc1)N1CCN(c2ccc(C3CC3)cc2C2CC2)CC1. The molecule has 2 saturated heterocycles. The molecule has 0 N–H and O–H groups in total. The molecular weight excluding hydrogens is 436 g/mol. The lowest BCUT2D eigenvalue weighted by Gasteiger charge is -2.37. The standard InChI is InChI=1S/C25H30N4O3S/c30-25(21-7-9-24(26-17-21)29-10-1-15-33(29,31)32)28-13-11-27(12-14-28)23-8-6-20(18-2-3-18)16-22(23)19-4-5-19/h6-9,16-19H,1-5,10-15H2. The zero-order valence-corrected chi connectivity index (χ0v) is 19.6. The summed E-state index contributed by atoms with van der Waals surface area (Å²) in [4.78, 5) is 21.7. The third-order valence-electron chi connectivity index (χ3n) is 7.37. The monoisotopic (exact) mass is 466 g/mol. The molecule has 1 aromatic carbocycles. The van der Waals surface area contributed by atoms with Crippen molar-refractivity contribution in [2.24, 2.45) is 0 Å². The zero-order valence-electron chi connectivity index (χ0n) is 18.8. The highest BCUT2D eigenvalue weighted by atomic mass is 32.2. The molecule has 0 radical (unpaired) electrons. The number of benzene rings is 1. The van der Waals surface area contributed by atoms with Crippen LogP contribution in [-0.2, 0) is 10.0 Å². The van der Waals surface area contributed by atoms with Gasteiger partial charge < -0.3 is 9.80 Å². The van der Waals surface area contributed by atoms with Crippen LogP contribution in [0.15, 0.2) is 36.5 Å². The Hall–Kier alpha value is -2.61. The summed E-state index contributed by atoms with van der Waals surface area (Å²) >= 11 is 0. The molecule has 8 heteroatoms. The number of hydrogen-bond acceptors (Lipinski definition) is 5. The van der Waals surface area contributed by atoms with E-state index in [1.54, 1.807) is 12.1 Å². The topological polar surface area (TPSA) is 73.8 Å². The summed E-state index contributed by atoms with van der Waals surface area (Å²) in [6.07, 6.45) is 7.37. The fraction of sp³-hybridized carbons (Fsp3) is 0.520. The number of hydrogen-bond donors (Lipinski definition) is 0. The highest BCUT2D eigenvalue weighted by molar-refractivity contribution is 7.93. The van der Waals surface area contributed by atoms with Crippen LogP contribution in [0.5, 0.6) is 0 Å². The van der Waals surface area contributed by atoms with Gasteiger partial charge in [0.05, 0.1) is 11.3 Å². The van der Waals surface area contributed by atoms with Gasteiger partial charge in [-0.15, -0.1) is 0 Å². The lowest BCUT2D eigenvalue weighted by atomic mass is 10.0. The Morgan fingerprint density at radius 1 is 0.909 bits per heavy atom. The predicted octanol–water partition coefficient (Wildman–Crippen LogP) is 3.34. The lowest BCUT2D eigenvalue weighted by molar-refractivity contribution is 0.0746. The lowest BCUT2D eigenvalue weighted by Crippen LogP contribution is -2.49. The van der Waals surface area contributed by atoms with Crippen molar-refractivity contribution in [1.29, 1.82) is 0 Å². The second kappa shape index (κ2) is 8.01. The highest BCUT2D eigenvalue weighted by Gasteiger charge is 2.33. The van der Waals surface area contributed by atoms with Gasteiger partial charge in [-0.25, -0.2) is 13.4 Å². The molecule has 3 heterocycles. The number of rotatable bonds is 5. The molecule has 33 heavy (non-hydrogen) atoms. The normalized spacial score (nSPS) is 22.6. The van der Waals surface area contributed by atoms with Crippen molar-refractivity contribution in [3.05, 3.63) is 53.2 Å². The van der Waals surface area contributed by atoms with Gasteiger partial charge in [-0.2, -0.15) is 0 Å². The summed E-state index contributed by atoms with van der Waals surface area (Å²) in [6.45, 7) is 3.46. The molecule has 6 rings (SSSR count). The number of anilines is 2. The Labute approximate surface area is 195 Å². The van der Waals surface area contributed by atoms with E-state index in [0.717, 1.165) is 19.0 Å². The summed E-state index contributed by atoms with van der Waals surface area (Å²) in [5.41, 5.74) is 4.88. The van der Waals surface area contributed by atoms with Crippen LogP contribution in [-0.4, -0.2) is 62.7 Å². The second-order valence-electron chi connectivity index (χ2n) is 9.79. The van der Waals surface area contributed by atoms with Crippen molar-refractivity contribution in [1.82, 2.24) is 9.88 Å². The van der Waals surface area contributed by atoms with Gasteiger partial charge in [0.1, 0.15) is 5.82 Å². The van der Waals surface area contributed by atoms with Crippen molar-refractivity contribution >= 4 is 27.4 Å². The number of carbonyl (C=O) groups excluding carboxylic acids is 1. The first-order chi connectivity index (χ1) is 16.0. The van der Waals surface area contributed by atoms with Gasteiger partial charge in [-0.3, -0.25) is 9.10 Å². The van der Waals surface area contributed by atoms with Crippen molar-refractivity contribution in [2.75, 3.05) is 47.7 Å². The number of amides is 1. The quantitative estimate of drug-likeness (QED) is 0.676. The van der Waals surface area contributed by atoms with E-state index in [1.807, 2.05) is 4.90 Å². The number of nitrogens with zero attached hydrogens (tertiary/aromatic N) is 4. The summed E-state index contributed by atoms with van der Waals surface area (Å²) in [5.74, 6) is 2.00. The fourth-order valence-corrected chi connectivity index (χ4v) is 6.66. The van der Waals surface area contributed by atoms with Gasteiger partial charge in [0.2, 0.25) is 10.0 Å². The van der Waals surface area contributed by atoms with Gasteiger partial charge in [0, 0.05) is 44.6 Å². The second-order valence-corrected chi connectivity index (χ2v) is 11.8. The minimum absolute atomic E-state index is 0.0375. The first-order valence-electron chi connectivity index (χ1n) is 12.1. The van der Waals surface area contributed by atoms with E-state index in [4.69, 9.17) is 0 Å². The third-order valence-corrected chi connectivity index (χ3v) is 9.22. The van der Waals surface area contributed by atoms with Crippen molar-refractivity contribution < 1.29 is 13.2 Å². The van der Waals surface area contributed by atoms with Crippen LogP contribution in [0.3, 0.4) is 0 Å². The molecule has 0 unspecified atom stereocenters. The molecule has 1 aromatic heterocycles. The molecule has 2 aromatic rings. The van der Waals surface area contributed by atoms with Crippen LogP contribution in [0.1, 0.15) is 65.4 Å². The number of sulfonamides is 1. The molecule has 4 fully saturated rings. The van der Waals surface area contributed by atoms with E-state index in [-0.39, 0.29) is 11.7 Å². The first kappa shape index (κ1) is 21.0. The Morgan fingerprint density at radius 3 is 2.27 bits per heavy atom. The molecule has 1 amide bonds. The smallest absolute Gasteiger partial charge is 0.255 e. The van der Waals surface area contributed by atoms with Crippen LogP contribution in [0.2, 0.25) is 0 Å². The molecule has 2 saturated carbocycles. The molecule has 0 atom stereocenters. The minimum Gasteiger partial charge on any atom is -0.368 e. The molecule has 174 valence electrons. The van der Waals surface area contributed by atoms with Crippen LogP contribution < -0.4 is 9.21 Å². The van der Waals surface area contributed by atoms with Crippen molar-refractivity contribution in [2.45, 2.75) is 43.9 Å². The average Bonchev–Trinajstić information content (AvgIpc) is 3.76. The summed E-state index contributed by atoms with van der Waals surface area (Å²) in [5, 5.41) is 0. The Kier molecular flexibility index (Phi) is 5.09. The molecule has 2 aliphatic heterocycles. The third kappa shape index (κ3) is 4.09. The van der Waals surface area contributed by atoms with E-state index in [9.17, 15) is 13.2 Å². The van der Waals surface area contributed by atoms with E-state index in [1.165, 1.54) is 53.0 Å². The Bertz CT molecular complexity index is 1160. The number of carbonyl (C=O) groups is 1. The average molecular weight is 467 g/mol. The maximum atomic E-state index is 13.1. The summed E-state index contributed by atoms with van der Waals surface area (Å²) in [7, 11) is -3.27. The molecule has 7 nitrogen and oxygen atoms in total. The highest BCUT2D eigenvalue weighted by Crippen LogP contribution is 2.48. The number of aromatic nitrogens is 1. The molecule has 4 aliphatic rings. The Balaban J connectivity index is 1.12. The van der Waals surface area contributed by atoms with Gasteiger partial charge in [0.15, 0.2) is 0 Å². The maximum Gasteiger partial charge on any atom is 0.255 e. The maximum absolute atomic E-state index is 13.1. The fourth-order valence-electron chi connectivity index (χ4n) is 5.14. The molecule has 0 bridgehead atoms. The zero-order chi connectivity index (χ0) is 22.6. The molecule has 0 spiro atoms. The van der Waals surface area contributed by atoms with Crippen LogP contribution in [0.4, 0.5) is 11.5 Å². The van der Waals surface area contributed by atoms with E-state index in [0.29, 0.717) is 43.4 Å². The first-order valence-corrected chi connectivity index (χ1v) is 13.7. The van der Waals surface area contributed by atoms with Gasteiger partial charge in [0.25, 0.3) is 5.91 Å². The summed E-state index contributed by atoms with van der Waals surface area (Å²) in [6, 6.07) is 10.4. The number of pyridine rings is 1. The predicted molar refractivity (Wildman–Crippen MR) is 128 cm³/mol. The van der Waals surface area contributed by atoms with Gasteiger partial charge in [-0.05, 0) is 73.3 Å². The van der Waals surface area contributed by atoms with Gasteiger partial charge in [-0.1, -0.05) is 12.1 Å². The van der Waals surface area contributed by atoms with Crippen LogP contribution in [0.25, 0.3) is 0 Å². The molecular formula is C25H30N4O3S. The largest absolute Gasteiger partial charge is 0.368 e. The van der Waals surface area contributed by atoms with Crippen LogP contribution in [0, 0.1) is 0 Å². The van der Waals surface area contributed by atoms with Gasteiger partial charge >= 0.3 is 0 Å². The van der Waals surface area contributed by atoms with Crippen LogP contribution >= 0.6 is 0 Å². The van der Waals surface area contributed by atoms with E-state index < -0.39 is 10.0 Å². The summed E-state index contributed by atoms with van der Waals surface area (Å²) < 4.78 is 25.6. The van der Waals surface area contributed by atoms with Crippen molar-refractivity contribution in [3.63, 3.8) is 0 Å². The Morgan fingerprint density at radius 2 is 1.67 bits per heavy atom.